The molecule has 8 aliphatic rings. The number of ether oxygens (including phenoxy) is 12. The summed E-state index contributed by atoms with van der Waals surface area (Å²) in [5.41, 5.74) is 7.22. The number of hydrogen-bond donors (Lipinski definition) is 6. The number of methoxy groups -OCH3 is 6. The number of esters is 2. The molecule has 4 saturated heterocycles. The van der Waals surface area contributed by atoms with Crippen molar-refractivity contribution in [2.75, 3.05) is 68.8 Å². The third kappa shape index (κ3) is 37.3. The van der Waals surface area contributed by atoms with E-state index >= 15 is 0 Å². The number of carbonyl (C=O) groups is 12. The van der Waals surface area contributed by atoms with E-state index in [2.05, 4.69) is 37.5 Å². The number of carbonyl (C=O) groups excluding carboxylic acids is 12. The minimum atomic E-state index is -2.45. The smallest absolute Gasteiger partial charge is 0.460 e. The lowest BCUT2D eigenvalue weighted by molar-refractivity contribution is -0.265. The van der Waals surface area contributed by atoms with E-state index in [0.29, 0.717) is 146 Å². The van der Waals surface area contributed by atoms with Crippen LogP contribution in [0.3, 0.4) is 0 Å². The zero-order valence-corrected chi connectivity index (χ0v) is 91.5. The summed E-state index contributed by atoms with van der Waals surface area (Å²) in [4.78, 5) is 172. The highest BCUT2D eigenvalue weighted by Gasteiger charge is 2.56. The van der Waals surface area contributed by atoms with E-state index in [1.807, 2.05) is 102 Å². The molecule has 2 aliphatic carbocycles. The molecule has 6 fully saturated rings. The Labute approximate surface area is 868 Å². The quantitative estimate of drug-likeness (QED) is 0.0209. The van der Waals surface area contributed by atoms with Crippen molar-refractivity contribution in [3.8, 4) is 24.7 Å². The third-order valence-corrected chi connectivity index (χ3v) is 30.6. The highest BCUT2D eigenvalue weighted by atomic mass is 31.1. The van der Waals surface area contributed by atoms with Crippen LogP contribution in [0, 0.1) is 95.7 Å². The van der Waals surface area contributed by atoms with E-state index in [0.717, 1.165) is 11.1 Å². The fraction of sp³-hybridized carbons (Fsp3) is 0.709. The van der Waals surface area contributed by atoms with Crippen molar-refractivity contribution < 1.29 is 139 Å². The van der Waals surface area contributed by atoms with Gasteiger partial charge in [-0.15, -0.1) is 12.8 Å². The fourth-order valence-corrected chi connectivity index (χ4v) is 21.3. The van der Waals surface area contributed by atoms with E-state index in [1.165, 1.54) is 24.0 Å². The summed E-state index contributed by atoms with van der Waals surface area (Å²) >= 11 is 0. The molecule has 4 bridgehead atoms. The van der Waals surface area contributed by atoms with Gasteiger partial charge in [0, 0.05) is 117 Å². The first-order chi connectivity index (χ1) is 69.3. The van der Waals surface area contributed by atoms with Crippen molar-refractivity contribution in [3.63, 3.8) is 0 Å². The van der Waals surface area contributed by atoms with Crippen LogP contribution >= 0.6 is 18.0 Å². The topological polar surface area (TPSA) is 463 Å². The van der Waals surface area contributed by atoms with E-state index in [1.54, 1.807) is 96.0 Å². The number of terminal acetylenes is 2. The first-order valence-corrected chi connectivity index (χ1v) is 53.0. The van der Waals surface area contributed by atoms with E-state index < -0.39 is 186 Å². The molecule has 8 rings (SSSR count). The predicted octanol–water partition coefficient (Wildman–Crippen LogP) is 14.3. The number of piperidine rings is 2. The first kappa shape index (κ1) is 126. The van der Waals surface area contributed by atoms with Crippen LogP contribution in [0.5, 0.6) is 0 Å². The van der Waals surface area contributed by atoms with Gasteiger partial charge in [0.15, 0.2) is 36.0 Å². The maximum Gasteiger partial charge on any atom is 0.518 e. The molecule has 3 amide bonds. The highest BCUT2D eigenvalue weighted by Crippen LogP contribution is 2.43. The Balaban J connectivity index is 0.000000430. The number of rotatable bonds is 16. The molecule has 0 aromatic heterocycles. The van der Waals surface area contributed by atoms with Crippen LogP contribution in [0.25, 0.3) is 0 Å². The molecule has 816 valence electrons. The van der Waals surface area contributed by atoms with Crippen molar-refractivity contribution in [2.24, 2.45) is 81.3 Å². The lowest BCUT2D eigenvalue weighted by Crippen LogP contribution is -2.61. The molecule has 31 atom stereocenters. The van der Waals surface area contributed by atoms with Crippen LogP contribution in [0.15, 0.2) is 99.7 Å². The number of hydrogen-bond acceptors (Lipinski definition) is 31. The number of amides is 3. The molecule has 2 unspecified atom stereocenters. The lowest BCUT2D eigenvalue weighted by atomic mass is 9.78. The number of allylic oxidation sites excluding steroid dienone is 12. The van der Waals surface area contributed by atoms with Crippen LogP contribution in [0.4, 0.5) is 9.59 Å². The number of cyclic esters (lactones) is 2. The largest absolute Gasteiger partial charge is 0.518 e. The molecule has 6 aliphatic heterocycles. The van der Waals surface area contributed by atoms with Gasteiger partial charge in [0.1, 0.15) is 35.9 Å². The number of Topliss-reactive ketones (excluding diaryl/α,β-unsaturated/α-hetero) is 6. The average Bonchev–Trinajstić information content (AvgIpc) is 0.772. The molecule has 0 aromatic carbocycles. The van der Waals surface area contributed by atoms with Gasteiger partial charge in [0.25, 0.3) is 32.0 Å². The molecular formula is C110H167N5O29P2. The molecule has 0 aromatic rings. The van der Waals surface area contributed by atoms with Crippen molar-refractivity contribution >= 4 is 88.7 Å². The molecule has 146 heavy (non-hydrogen) atoms. The Bertz CT molecular complexity index is 4690. The Morgan fingerprint density at radius 3 is 1.28 bits per heavy atom. The number of alkyl carbamates (subject to hydrolysis) is 1. The van der Waals surface area contributed by atoms with Crippen molar-refractivity contribution in [1.82, 2.24) is 15.1 Å². The van der Waals surface area contributed by atoms with E-state index in [-0.39, 0.29) is 119 Å². The Morgan fingerprint density at radius 1 is 0.521 bits per heavy atom. The van der Waals surface area contributed by atoms with E-state index in [9.17, 15) is 78.0 Å². The van der Waals surface area contributed by atoms with Gasteiger partial charge in [-0.2, -0.15) is 0 Å². The SMILES string of the molecule is C#CCN.C#CCNC(=O)O[C@@H]1/C(C)=C/[C@@H](C)C(=O)C[C@@H]([C@H](C)C[C@@H]2CC[C@@H](O)C(OC)C2)OC(=O)[C@@H]2CCCCN2C(=O)C(=O)[C@]2(O)O[C@@H](CC[C@H]2C)C[C@H](OC)/C(C)=C/C=C/C=C/[C@@H](C)C[C@@H](C)C(=O)[C@@H]1OC.CO[C@H]1C[C@@H]2CC[C@@H](C)[C@@](O)(O2)C(=O)C(=O)N2CCCC[C@H]2C(=O)O[C@H]([C@H](C)C[C@@H]2CC[C@@H](O)[C@H](OC)C2)CC(=O)[C@H](C)/C=C(\C)[C@@H](OC(=O)OP=NP)[C@@H](OC)C(=O)[C@H](C)C[C@H](C)/C=C/C=C/C=C/1C. The average molecular weight is 2090 g/mol. The molecule has 2 saturated carbocycles. The van der Waals surface area contributed by atoms with Gasteiger partial charge in [0.2, 0.25) is 11.6 Å². The van der Waals surface area contributed by atoms with E-state index in [4.69, 9.17) is 73.5 Å². The molecule has 7 N–H and O–H groups in total. The van der Waals surface area contributed by atoms with Gasteiger partial charge >= 0.3 is 24.2 Å². The maximum absolute atomic E-state index is 14.5. The number of aliphatic hydroxyl groups is 4. The number of nitrogens with two attached hydrogens (primary N) is 1. The number of aliphatic hydroxyl groups excluding tert-OH is 2. The Hall–Kier alpha value is -8.51. The van der Waals surface area contributed by atoms with Gasteiger partial charge in [0.05, 0.1) is 61.9 Å². The lowest BCUT2D eigenvalue weighted by Gasteiger charge is -2.42. The molecule has 0 radical (unpaired) electrons. The Morgan fingerprint density at radius 2 is 0.918 bits per heavy atom. The van der Waals surface area contributed by atoms with Crippen LogP contribution in [-0.2, 0) is 109 Å². The summed E-state index contributed by atoms with van der Waals surface area (Å²) in [5, 5.41) is 47.5. The second-order valence-electron chi connectivity index (χ2n) is 41.2. The number of nitrogens with one attached hydrogen (secondary N) is 1. The van der Waals surface area contributed by atoms with Crippen LogP contribution in [0.1, 0.15) is 251 Å². The van der Waals surface area contributed by atoms with Crippen LogP contribution in [-0.4, -0.2) is 279 Å². The summed E-state index contributed by atoms with van der Waals surface area (Å²) in [6, 6.07) is -2.36. The van der Waals surface area contributed by atoms with Crippen LogP contribution in [0.2, 0.25) is 0 Å². The zero-order chi connectivity index (χ0) is 109. The van der Waals surface area contributed by atoms with Gasteiger partial charge in [-0.1, -0.05) is 154 Å². The minimum Gasteiger partial charge on any atom is -0.460 e. The number of fused-ring (bicyclic) bond motifs is 6. The normalized spacial score (nSPS) is 36.9. The van der Waals surface area contributed by atoms with Crippen molar-refractivity contribution in [2.45, 2.75) is 360 Å². The predicted molar refractivity (Wildman–Crippen MR) is 554 cm³/mol. The fourth-order valence-electron chi connectivity index (χ4n) is 21.0. The van der Waals surface area contributed by atoms with Crippen LogP contribution < -0.4 is 11.1 Å². The first-order valence-electron chi connectivity index (χ1n) is 51.8. The summed E-state index contributed by atoms with van der Waals surface area (Å²) in [6.07, 6.45) is 28.9. The van der Waals surface area contributed by atoms with Gasteiger partial charge in [-0.25, -0.2) is 23.7 Å². The summed E-state index contributed by atoms with van der Waals surface area (Å²) in [7, 11) is 11.0. The molecule has 36 heteroatoms. The van der Waals surface area contributed by atoms with Crippen molar-refractivity contribution in [1.29, 1.82) is 0 Å². The summed E-state index contributed by atoms with van der Waals surface area (Å²) in [6.45, 7) is 25.4. The molecule has 0 spiro atoms. The minimum absolute atomic E-state index is 0.0491. The molecule has 6 heterocycles. The zero-order valence-electron chi connectivity index (χ0n) is 89.5. The molecular weight excluding hydrogens is 1920 g/mol. The number of nitrogens with zero attached hydrogens (tertiary/aromatic N) is 3. The van der Waals surface area contributed by atoms with Gasteiger partial charge in [-0.3, -0.25) is 38.4 Å². The maximum atomic E-state index is 14.5. The van der Waals surface area contributed by atoms with Crippen molar-refractivity contribution in [3.05, 3.63) is 95.2 Å². The Kier molecular flexibility index (Phi) is 54.4. The van der Waals surface area contributed by atoms with Gasteiger partial charge in [-0.05, 0) is 223 Å². The second kappa shape index (κ2) is 63.0. The summed E-state index contributed by atoms with van der Waals surface area (Å²) < 4.78 is 79.6. The standard InChI is InChI=1S/C55H82N2O14.C52H80N2O15P2.C3H5N/c1-12-25-56-54(64)70-49-38(7)28-35(4)44(59)32-46(36(5)29-40-22-24-43(58)47(30-40)67-10)69-53(63)42-20-16-17-26-57(42)52(62)51(61)55(65)39(8)21-23-41(71-55)31-45(66-9)34(3)19-15-13-14-18-33(2)27-37(6)48(60)50(49)68-11;1-30-16-12-11-13-17-31(2)42(63-8)28-38-21-19-36(7)52(62,68-38)48(58)49(59)54-23-15-14-18-39(54)50(60)66-43(33(4)26-37-20-22-40(55)44(27-37)64-9)29-41(56)32(3)25-35(6)46(67-51(61)69-71-53-70)47(65-10)45(57)34(5)24-30;1-2-3-4/h1,13-15,18-19,28,33,35-37,39-43,45-47,49-50,58,65H,16-17,20-27,29-32H2,2-11H3,(H,56,64);11-13,16-17,25,30,32-34,36-40,42-44,46-47,55,62H,14-15,18-24,26-29,70H2,1-10H3;1H,3-4H2/b15-13+,18-14+,34-19+,38-28+;13-11+,16-12+,31-17+,35-25+;/t33-,35-,36-,37-,39-,40+,41+,42+,43-,45+,46+,47?,49-,50+,55-;30-,32-,33-,34-,36-,37+,38+,39+,40-,42+,43+,44-,46-,47+,52-;/m11./s1. The second-order valence-corrected chi connectivity index (χ2v) is 42.4. The highest BCUT2D eigenvalue weighted by molar-refractivity contribution is 7.31. The monoisotopic (exact) mass is 2080 g/mol. The number of ketones is 6. The van der Waals surface area contributed by atoms with Gasteiger partial charge < -0.3 is 103 Å². The third-order valence-electron chi connectivity index (χ3n) is 30.0. The molecule has 34 nitrogen and oxygen atoms in total. The summed E-state index contributed by atoms with van der Waals surface area (Å²) in [5.74, 6) is -12.6.